The van der Waals surface area contributed by atoms with E-state index in [9.17, 15) is 26.4 Å². The summed E-state index contributed by atoms with van der Waals surface area (Å²) in [6.45, 7) is 1.41. The van der Waals surface area contributed by atoms with Gasteiger partial charge in [-0.15, -0.1) is 5.10 Å². The predicted molar refractivity (Wildman–Crippen MR) is 153 cm³/mol. The third-order valence-electron chi connectivity index (χ3n) is 5.70. The minimum absolute atomic E-state index is 0.0759. The fourth-order valence-electron chi connectivity index (χ4n) is 3.76. The van der Waals surface area contributed by atoms with Crippen molar-refractivity contribution < 1.29 is 31.1 Å². The van der Waals surface area contributed by atoms with Crippen LogP contribution >= 0.6 is 45.8 Å². The topological polar surface area (TPSA) is 94.4 Å². The first-order chi connectivity index (χ1) is 18.8. The lowest BCUT2D eigenvalue weighted by molar-refractivity contribution is -0.142. The van der Waals surface area contributed by atoms with E-state index in [1.165, 1.54) is 41.0 Å². The number of fused-ring (bicyclic) bond motifs is 1. The molecule has 0 spiro atoms. The maximum absolute atomic E-state index is 13.8. The maximum Gasteiger partial charge on any atom is 0.418 e. The fraction of sp³-hybridized carbons (Fsp3) is 0.240. The highest BCUT2D eigenvalue weighted by Crippen LogP contribution is 2.34. The van der Waals surface area contributed by atoms with Crippen molar-refractivity contribution in [3.8, 4) is 5.82 Å². The molecule has 2 aromatic carbocycles. The number of anilines is 1. The van der Waals surface area contributed by atoms with Crippen LogP contribution in [-0.4, -0.2) is 42.3 Å². The minimum atomic E-state index is -4.61. The van der Waals surface area contributed by atoms with Gasteiger partial charge in [-0.05, 0) is 71.5 Å². The summed E-state index contributed by atoms with van der Waals surface area (Å²) in [5.74, 6) is -0.843. The Kier molecular flexibility index (Phi) is 9.17. The van der Waals surface area contributed by atoms with Crippen molar-refractivity contribution in [2.45, 2.75) is 30.8 Å². The molecule has 212 valence electrons. The van der Waals surface area contributed by atoms with Gasteiger partial charge in [0.2, 0.25) is 0 Å². The molecule has 0 bridgehead atoms. The summed E-state index contributed by atoms with van der Waals surface area (Å²) in [5.41, 5.74) is -0.415. The summed E-state index contributed by atoms with van der Waals surface area (Å²) in [7, 11) is -4.37. The monoisotopic (exact) mass is 726 g/mol. The SMILES string of the molecule is CCCCOC(=O)CN(c1ccc2c(c1)c(I)cn2-c1cc(C(F)(F)F)cnn1)S(=O)(=O)c1cc(Cl)cc(Cl)c1. The highest BCUT2D eigenvalue weighted by Gasteiger charge is 2.32. The number of alkyl halides is 3. The molecular formula is C25H20Cl2F3IN4O4S. The number of unbranched alkanes of at least 4 members (excludes halogenated alkanes) is 1. The summed E-state index contributed by atoms with van der Waals surface area (Å²) in [4.78, 5) is 12.4. The Balaban J connectivity index is 1.81. The van der Waals surface area contributed by atoms with Crippen molar-refractivity contribution in [1.29, 1.82) is 0 Å². The number of sulfonamides is 1. The van der Waals surface area contributed by atoms with E-state index in [4.69, 9.17) is 27.9 Å². The molecule has 4 aromatic rings. The zero-order chi connectivity index (χ0) is 29.2. The Bertz CT molecular complexity index is 1660. The molecule has 0 radical (unpaired) electrons. The van der Waals surface area contributed by atoms with Crippen LogP contribution in [0.2, 0.25) is 10.0 Å². The number of carbonyl (C=O) groups is 1. The average Bonchev–Trinajstić information content (AvgIpc) is 3.22. The first-order valence-corrected chi connectivity index (χ1v) is 14.9. The quantitative estimate of drug-likeness (QED) is 0.106. The number of esters is 1. The lowest BCUT2D eigenvalue weighted by atomic mass is 10.2. The van der Waals surface area contributed by atoms with Gasteiger partial charge in [0.15, 0.2) is 5.82 Å². The van der Waals surface area contributed by atoms with Crippen LogP contribution in [0.1, 0.15) is 25.3 Å². The number of halogens is 6. The van der Waals surface area contributed by atoms with Crippen molar-refractivity contribution in [3.63, 3.8) is 0 Å². The number of hydrogen-bond acceptors (Lipinski definition) is 6. The first kappa shape index (κ1) is 30.3. The van der Waals surface area contributed by atoms with Gasteiger partial charge in [0, 0.05) is 25.2 Å². The summed E-state index contributed by atoms with van der Waals surface area (Å²) >= 11 is 14.1. The van der Waals surface area contributed by atoms with Crippen LogP contribution in [0, 0.1) is 3.57 Å². The largest absolute Gasteiger partial charge is 0.464 e. The zero-order valence-electron chi connectivity index (χ0n) is 20.6. The van der Waals surface area contributed by atoms with Crippen molar-refractivity contribution in [1.82, 2.24) is 14.8 Å². The molecule has 0 saturated heterocycles. The molecule has 0 fully saturated rings. The standard InChI is InChI=1S/C25H20Cl2F3IN4O4S/c1-2-3-6-39-24(36)14-35(40(37,38)19-9-16(26)8-17(27)10-19)18-4-5-22-20(11-18)21(31)13-34(22)23-7-15(12-32-33-23)25(28,29)30/h4-5,7-13H,2-3,6,14H2,1H3. The Hall–Kier alpha value is -2.62. The van der Waals surface area contributed by atoms with E-state index in [2.05, 4.69) is 10.2 Å². The van der Waals surface area contributed by atoms with E-state index in [0.717, 1.165) is 16.8 Å². The van der Waals surface area contributed by atoms with Gasteiger partial charge in [0.25, 0.3) is 10.0 Å². The normalized spacial score (nSPS) is 12.1. The molecule has 0 aliphatic carbocycles. The number of carbonyl (C=O) groups excluding carboxylic acids is 1. The molecule has 8 nitrogen and oxygen atoms in total. The third-order valence-corrected chi connectivity index (χ3v) is 8.75. The molecule has 0 aliphatic heterocycles. The summed E-state index contributed by atoms with van der Waals surface area (Å²) in [6, 6.07) is 9.12. The Morgan fingerprint density at radius 2 is 1.82 bits per heavy atom. The van der Waals surface area contributed by atoms with E-state index in [1.54, 1.807) is 6.20 Å². The van der Waals surface area contributed by atoms with Gasteiger partial charge in [-0.2, -0.15) is 18.3 Å². The highest BCUT2D eigenvalue weighted by atomic mass is 127. The molecule has 0 aliphatic rings. The number of benzene rings is 2. The smallest absolute Gasteiger partial charge is 0.418 e. The van der Waals surface area contributed by atoms with Crippen LogP contribution in [0.5, 0.6) is 0 Å². The van der Waals surface area contributed by atoms with Gasteiger partial charge >= 0.3 is 12.1 Å². The Morgan fingerprint density at radius 1 is 1.12 bits per heavy atom. The van der Waals surface area contributed by atoms with Crippen LogP contribution in [0.3, 0.4) is 0 Å². The second-order valence-electron chi connectivity index (χ2n) is 8.54. The molecule has 0 amide bonds. The van der Waals surface area contributed by atoms with Gasteiger partial charge in [0.1, 0.15) is 6.54 Å². The summed E-state index contributed by atoms with van der Waals surface area (Å²) < 4.78 is 75.4. The average molecular weight is 727 g/mol. The Morgan fingerprint density at radius 3 is 2.48 bits per heavy atom. The lowest BCUT2D eigenvalue weighted by Gasteiger charge is -2.24. The predicted octanol–water partition coefficient (Wildman–Crippen LogP) is 6.89. The maximum atomic E-state index is 13.8. The van der Waals surface area contributed by atoms with E-state index in [0.29, 0.717) is 27.1 Å². The van der Waals surface area contributed by atoms with E-state index in [-0.39, 0.29) is 33.1 Å². The lowest BCUT2D eigenvalue weighted by Crippen LogP contribution is -2.36. The van der Waals surface area contributed by atoms with Crippen LogP contribution in [0.15, 0.2) is 59.8 Å². The van der Waals surface area contributed by atoms with Gasteiger partial charge in [-0.25, -0.2) is 8.42 Å². The molecule has 40 heavy (non-hydrogen) atoms. The molecule has 4 rings (SSSR count). The molecule has 2 aromatic heterocycles. The molecule has 15 heteroatoms. The molecule has 0 atom stereocenters. The molecular weight excluding hydrogens is 707 g/mol. The van der Waals surface area contributed by atoms with Gasteiger partial charge in [-0.3, -0.25) is 13.7 Å². The van der Waals surface area contributed by atoms with Crippen molar-refractivity contribution >= 4 is 78.4 Å². The van der Waals surface area contributed by atoms with Crippen molar-refractivity contribution in [2.75, 3.05) is 17.5 Å². The zero-order valence-corrected chi connectivity index (χ0v) is 25.1. The first-order valence-electron chi connectivity index (χ1n) is 11.7. The summed E-state index contributed by atoms with van der Waals surface area (Å²) in [6.07, 6.45) is -1.05. The minimum Gasteiger partial charge on any atom is -0.464 e. The number of aromatic nitrogens is 3. The second-order valence-corrected chi connectivity index (χ2v) is 12.4. The molecule has 0 saturated carbocycles. The van der Waals surface area contributed by atoms with E-state index < -0.39 is 34.3 Å². The third kappa shape index (κ3) is 6.64. The molecule has 0 N–H and O–H groups in total. The highest BCUT2D eigenvalue weighted by molar-refractivity contribution is 14.1. The van der Waals surface area contributed by atoms with Gasteiger partial charge in [-0.1, -0.05) is 36.5 Å². The van der Waals surface area contributed by atoms with Crippen molar-refractivity contribution in [3.05, 3.63) is 74.0 Å². The van der Waals surface area contributed by atoms with Crippen molar-refractivity contribution in [2.24, 2.45) is 0 Å². The van der Waals surface area contributed by atoms with Crippen LogP contribution in [0.25, 0.3) is 16.7 Å². The number of hydrogen-bond donors (Lipinski definition) is 0. The summed E-state index contributed by atoms with van der Waals surface area (Å²) in [5, 5.41) is 7.98. The van der Waals surface area contributed by atoms with Crippen LogP contribution in [0.4, 0.5) is 18.9 Å². The Labute approximate surface area is 251 Å². The van der Waals surface area contributed by atoms with Gasteiger partial charge in [0.05, 0.1) is 34.5 Å². The molecule has 2 heterocycles. The second kappa shape index (κ2) is 12.1. The van der Waals surface area contributed by atoms with Crippen LogP contribution < -0.4 is 4.31 Å². The van der Waals surface area contributed by atoms with E-state index in [1.807, 2.05) is 29.5 Å². The number of rotatable bonds is 9. The van der Waals surface area contributed by atoms with Gasteiger partial charge < -0.3 is 4.74 Å². The number of ether oxygens (including phenoxy) is 1. The van der Waals surface area contributed by atoms with Crippen LogP contribution in [-0.2, 0) is 25.7 Å². The molecule has 0 unspecified atom stereocenters. The fourth-order valence-corrected chi connectivity index (χ4v) is 6.60. The number of nitrogens with zero attached hydrogens (tertiary/aromatic N) is 4. The van der Waals surface area contributed by atoms with E-state index >= 15 is 0 Å².